The molecule has 1 atom stereocenters. The fourth-order valence-electron chi connectivity index (χ4n) is 2.34. The second kappa shape index (κ2) is 6.22. The average molecular weight is 275 g/mol. The van der Waals surface area contributed by atoms with Crippen molar-refractivity contribution in [3.63, 3.8) is 0 Å². The molecule has 1 unspecified atom stereocenters. The highest BCUT2D eigenvalue weighted by Gasteiger charge is 2.19. The quantitative estimate of drug-likeness (QED) is 0.888. The van der Waals surface area contributed by atoms with E-state index in [0.29, 0.717) is 0 Å². The van der Waals surface area contributed by atoms with Gasteiger partial charge in [0.2, 0.25) is 0 Å². The Kier molecular flexibility index (Phi) is 4.61. The summed E-state index contributed by atoms with van der Waals surface area (Å²) in [4.78, 5) is 0. The number of rotatable bonds is 5. The van der Waals surface area contributed by atoms with Crippen molar-refractivity contribution in [2.24, 2.45) is 0 Å². The molecular formula is C16H21NOS. The summed E-state index contributed by atoms with van der Waals surface area (Å²) in [6.45, 7) is 7.35. The molecule has 2 aromatic rings. The number of aryl methyl sites for hydroxylation is 2. The smallest absolute Gasteiger partial charge is 0.124 e. The molecule has 0 aliphatic carbocycles. The van der Waals surface area contributed by atoms with Crippen LogP contribution in [0.3, 0.4) is 0 Å². The van der Waals surface area contributed by atoms with E-state index < -0.39 is 0 Å². The van der Waals surface area contributed by atoms with Crippen LogP contribution in [0.5, 0.6) is 5.75 Å². The number of methoxy groups -OCH3 is 1. The lowest BCUT2D eigenvalue weighted by Crippen LogP contribution is -2.22. The van der Waals surface area contributed by atoms with Crippen LogP contribution in [0.1, 0.15) is 35.2 Å². The zero-order chi connectivity index (χ0) is 13.8. The van der Waals surface area contributed by atoms with Gasteiger partial charge in [-0.25, -0.2) is 0 Å². The summed E-state index contributed by atoms with van der Waals surface area (Å²) in [5.41, 5.74) is 5.15. The largest absolute Gasteiger partial charge is 0.496 e. The highest BCUT2D eigenvalue weighted by molar-refractivity contribution is 7.08. The van der Waals surface area contributed by atoms with E-state index in [2.05, 4.69) is 55.0 Å². The van der Waals surface area contributed by atoms with Crippen molar-refractivity contribution in [1.82, 2.24) is 5.32 Å². The van der Waals surface area contributed by atoms with Gasteiger partial charge in [-0.2, -0.15) is 11.3 Å². The molecule has 0 aliphatic rings. The minimum Gasteiger partial charge on any atom is -0.496 e. The van der Waals surface area contributed by atoms with Crippen LogP contribution in [-0.2, 0) is 0 Å². The molecule has 1 aromatic carbocycles. The van der Waals surface area contributed by atoms with Crippen LogP contribution < -0.4 is 10.1 Å². The van der Waals surface area contributed by atoms with Gasteiger partial charge in [-0.3, -0.25) is 0 Å². The van der Waals surface area contributed by atoms with E-state index in [1.54, 1.807) is 18.4 Å². The summed E-state index contributed by atoms with van der Waals surface area (Å²) < 4.78 is 5.53. The Morgan fingerprint density at radius 1 is 1.21 bits per heavy atom. The number of benzene rings is 1. The molecule has 102 valence electrons. The molecule has 0 saturated heterocycles. The number of nitrogens with one attached hydrogen (secondary N) is 1. The van der Waals surface area contributed by atoms with E-state index in [1.165, 1.54) is 22.3 Å². The summed E-state index contributed by atoms with van der Waals surface area (Å²) in [6, 6.07) is 6.55. The van der Waals surface area contributed by atoms with Gasteiger partial charge in [-0.15, -0.1) is 0 Å². The first-order valence-electron chi connectivity index (χ1n) is 6.58. The molecule has 3 heteroatoms. The Balaban J connectivity index is 2.50. The predicted octanol–water partition coefficient (Wildman–Crippen LogP) is 4.07. The second-order valence-corrected chi connectivity index (χ2v) is 5.49. The molecule has 0 spiro atoms. The first-order valence-corrected chi connectivity index (χ1v) is 7.52. The summed E-state index contributed by atoms with van der Waals surface area (Å²) in [5.74, 6) is 0.946. The maximum Gasteiger partial charge on any atom is 0.124 e. The van der Waals surface area contributed by atoms with Crippen molar-refractivity contribution in [2.45, 2.75) is 26.8 Å². The maximum absolute atomic E-state index is 5.53. The minimum absolute atomic E-state index is 0.200. The topological polar surface area (TPSA) is 21.3 Å². The Labute approximate surface area is 119 Å². The van der Waals surface area contributed by atoms with E-state index in [9.17, 15) is 0 Å². The van der Waals surface area contributed by atoms with Crippen molar-refractivity contribution in [2.75, 3.05) is 13.7 Å². The number of hydrogen-bond donors (Lipinski definition) is 1. The Morgan fingerprint density at radius 2 is 2.00 bits per heavy atom. The molecule has 2 rings (SSSR count). The van der Waals surface area contributed by atoms with Crippen molar-refractivity contribution in [3.8, 4) is 5.75 Å². The highest BCUT2D eigenvalue weighted by atomic mass is 32.1. The number of hydrogen-bond acceptors (Lipinski definition) is 3. The lowest BCUT2D eigenvalue weighted by molar-refractivity contribution is 0.404. The van der Waals surface area contributed by atoms with Crippen molar-refractivity contribution < 1.29 is 4.74 Å². The number of thiophene rings is 1. The van der Waals surface area contributed by atoms with E-state index in [1.807, 2.05) is 0 Å². The first-order chi connectivity index (χ1) is 9.17. The van der Waals surface area contributed by atoms with Gasteiger partial charge in [0.25, 0.3) is 0 Å². The van der Waals surface area contributed by atoms with Gasteiger partial charge in [0.15, 0.2) is 0 Å². The third-order valence-corrected chi connectivity index (χ3v) is 4.19. The Bertz CT molecular complexity index is 547. The molecule has 0 bridgehead atoms. The standard InChI is InChI=1S/C16H21NOS/c1-5-17-16(14-10-19-9-12(14)3)13-8-11(2)6-7-15(13)18-4/h6-10,16-17H,5H2,1-4H3. The summed E-state index contributed by atoms with van der Waals surface area (Å²) in [5, 5.41) is 7.99. The van der Waals surface area contributed by atoms with E-state index in [-0.39, 0.29) is 6.04 Å². The van der Waals surface area contributed by atoms with Crippen LogP contribution in [0, 0.1) is 13.8 Å². The molecule has 19 heavy (non-hydrogen) atoms. The van der Waals surface area contributed by atoms with Crippen LogP contribution >= 0.6 is 11.3 Å². The molecule has 0 aliphatic heterocycles. The molecule has 2 nitrogen and oxygen atoms in total. The predicted molar refractivity (Wildman–Crippen MR) is 82.3 cm³/mol. The molecular weight excluding hydrogens is 254 g/mol. The maximum atomic E-state index is 5.53. The van der Waals surface area contributed by atoms with Gasteiger partial charge in [-0.05, 0) is 48.3 Å². The van der Waals surface area contributed by atoms with Crippen LogP contribution in [0.4, 0.5) is 0 Å². The fraction of sp³-hybridized carbons (Fsp3) is 0.375. The molecule has 1 aromatic heterocycles. The summed E-state index contributed by atoms with van der Waals surface area (Å²) in [7, 11) is 1.73. The first kappa shape index (κ1) is 14.1. The van der Waals surface area contributed by atoms with Crippen LogP contribution in [0.25, 0.3) is 0 Å². The van der Waals surface area contributed by atoms with Crippen LogP contribution in [0.15, 0.2) is 29.0 Å². The fourth-order valence-corrected chi connectivity index (χ4v) is 3.21. The zero-order valence-electron chi connectivity index (χ0n) is 12.0. The van der Waals surface area contributed by atoms with Gasteiger partial charge in [0.05, 0.1) is 13.2 Å². The molecule has 1 N–H and O–H groups in total. The molecule has 0 saturated carbocycles. The van der Waals surface area contributed by atoms with Crippen LogP contribution in [-0.4, -0.2) is 13.7 Å². The summed E-state index contributed by atoms with van der Waals surface area (Å²) >= 11 is 1.75. The van der Waals surface area contributed by atoms with E-state index in [4.69, 9.17) is 4.74 Å². The van der Waals surface area contributed by atoms with Crippen molar-refractivity contribution in [1.29, 1.82) is 0 Å². The third-order valence-electron chi connectivity index (χ3n) is 3.31. The average Bonchev–Trinajstić information content (AvgIpc) is 2.82. The SMILES string of the molecule is CCNC(c1cscc1C)c1cc(C)ccc1OC. The zero-order valence-corrected chi connectivity index (χ0v) is 12.8. The lowest BCUT2D eigenvalue weighted by atomic mass is 9.96. The second-order valence-electron chi connectivity index (χ2n) is 4.75. The molecule has 0 amide bonds. The van der Waals surface area contributed by atoms with Gasteiger partial charge in [0.1, 0.15) is 5.75 Å². The normalized spacial score (nSPS) is 12.4. The van der Waals surface area contributed by atoms with Crippen molar-refractivity contribution in [3.05, 3.63) is 51.2 Å². The molecule has 0 radical (unpaired) electrons. The van der Waals surface area contributed by atoms with Gasteiger partial charge < -0.3 is 10.1 Å². The van der Waals surface area contributed by atoms with Crippen molar-refractivity contribution >= 4 is 11.3 Å². The van der Waals surface area contributed by atoms with Gasteiger partial charge >= 0.3 is 0 Å². The molecule has 1 heterocycles. The summed E-state index contributed by atoms with van der Waals surface area (Å²) in [6.07, 6.45) is 0. The molecule has 0 fully saturated rings. The van der Waals surface area contributed by atoms with Gasteiger partial charge in [-0.1, -0.05) is 24.6 Å². The number of ether oxygens (including phenoxy) is 1. The lowest BCUT2D eigenvalue weighted by Gasteiger charge is -2.21. The Hall–Kier alpha value is -1.32. The Morgan fingerprint density at radius 3 is 2.58 bits per heavy atom. The highest BCUT2D eigenvalue weighted by Crippen LogP contribution is 2.33. The monoisotopic (exact) mass is 275 g/mol. The van der Waals surface area contributed by atoms with Gasteiger partial charge in [0, 0.05) is 5.56 Å². The van der Waals surface area contributed by atoms with Crippen LogP contribution in [0.2, 0.25) is 0 Å². The minimum atomic E-state index is 0.200. The third kappa shape index (κ3) is 2.99. The van der Waals surface area contributed by atoms with E-state index in [0.717, 1.165) is 12.3 Å². The van der Waals surface area contributed by atoms with E-state index >= 15 is 0 Å².